The number of rotatable bonds is 12. The normalized spacial score (nSPS) is 15.9. The van der Waals surface area contributed by atoms with Gasteiger partial charge in [0.1, 0.15) is 0 Å². The van der Waals surface area contributed by atoms with Gasteiger partial charge < -0.3 is 0 Å². The first-order chi connectivity index (χ1) is 13.9. The van der Waals surface area contributed by atoms with E-state index in [0.29, 0.717) is 0 Å². The zero-order chi connectivity index (χ0) is 21.6. The van der Waals surface area contributed by atoms with Gasteiger partial charge in [-0.15, -0.1) is 0 Å². The van der Waals surface area contributed by atoms with Crippen LogP contribution in [0.25, 0.3) is 0 Å². The Morgan fingerprint density at radius 3 is 2.45 bits per heavy atom. The molecule has 0 saturated heterocycles. The third-order valence-corrected chi connectivity index (χ3v) is 4.78. The first-order valence-electron chi connectivity index (χ1n) is 10.5. The minimum absolute atomic E-state index is 0.0170. The summed E-state index contributed by atoms with van der Waals surface area (Å²) in [6, 6.07) is 10.4. The van der Waals surface area contributed by atoms with Crippen molar-refractivity contribution in [3.8, 4) is 0 Å². The molecule has 0 aromatic heterocycles. The monoisotopic (exact) mass is 394 g/mol. The van der Waals surface area contributed by atoms with Crippen molar-refractivity contribution in [2.24, 2.45) is 4.99 Å². The van der Waals surface area contributed by atoms with Crippen LogP contribution in [-0.4, -0.2) is 17.9 Å². The number of nitrogens with one attached hydrogen (secondary N) is 1. The molecule has 0 fully saturated rings. The highest BCUT2D eigenvalue weighted by atomic mass is 16.7. The van der Waals surface area contributed by atoms with E-state index >= 15 is 0 Å². The average Bonchev–Trinajstić information content (AvgIpc) is 2.73. The molecule has 2 atom stereocenters. The highest BCUT2D eigenvalue weighted by molar-refractivity contribution is 5.88. The molecular formula is C26H38N2O. The molecule has 1 rings (SSSR count). The predicted molar refractivity (Wildman–Crippen MR) is 127 cm³/mol. The number of allylic oxidation sites excluding steroid dienone is 6. The SMILES string of the molecule is C=C/C(C)=C\C=C(/C)C[C@H](NO[C@@H](C)Cc1ccccc1)C(C)=N/C(=C\C)CC. The predicted octanol–water partition coefficient (Wildman–Crippen LogP) is 6.75. The van der Waals surface area contributed by atoms with E-state index in [1.165, 1.54) is 11.1 Å². The first kappa shape index (κ1) is 24.8. The Kier molecular flexibility index (Phi) is 11.9. The summed E-state index contributed by atoms with van der Waals surface area (Å²) in [5.74, 6) is 0. The molecule has 0 aliphatic carbocycles. The molecule has 1 aromatic rings. The van der Waals surface area contributed by atoms with E-state index in [2.05, 4.69) is 82.2 Å². The van der Waals surface area contributed by atoms with Crippen LogP contribution >= 0.6 is 0 Å². The van der Waals surface area contributed by atoms with Crippen molar-refractivity contribution in [1.29, 1.82) is 0 Å². The van der Waals surface area contributed by atoms with Crippen LogP contribution in [-0.2, 0) is 11.3 Å². The second-order valence-corrected chi connectivity index (χ2v) is 7.51. The fourth-order valence-electron chi connectivity index (χ4n) is 2.84. The molecule has 1 aromatic carbocycles. The molecule has 0 saturated carbocycles. The molecule has 1 N–H and O–H groups in total. The maximum Gasteiger partial charge on any atom is 0.0802 e. The zero-order valence-corrected chi connectivity index (χ0v) is 19.0. The molecule has 158 valence electrons. The van der Waals surface area contributed by atoms with E-state index < -0.39 is 0 Å². The van der Waals surface area contributed by atoms with E-state index in [4.69, 9.17) is 9.83 Å². The van der Waals surface area contributed by atoms with Crippen molar-refractivity contribution >= 4 is 5.71 Å². The molecule has 0 amide bonds. The smallest absolute Gasteiger partial charge is 0.0802 e. The number of hydrogen-bond acceptors (Lipinski definition) is 3. The molecule has 0 radical (unpaired) electrons. The molecule has 0 aliphatic heterocycles. The van der Waals surface area contributed by atoms with E-state index in [9.17, 15) is 0 Å². The second-order valence-electron chi connectivity index (χ2n) is 7.51. The van der Waals surface area contributed by atoms with Crippen molar-refractivity contribution in [2.75, 3.05) is 0 Å². The molecular weight excluding hydrogens is 356 g/mol. The standard InChI is InChI=1S/C26H38N2O/c1-8-20(4)16-17-21(5)18-26(23(7)27-25(9-2)10-3)28-29-22(6)19-24-14-12-11-13-15-24/h8-9,11-17,22,26,28H,1,10,18-19H2,2-7H3/b20-16-,21-17+,25-9-,27-23?/t22-,26-/m0/s1. The Bertz CT molecular complexity index is 741. The van der Waals surface area contributed by atoms with Gasteiger partial charge in [0.2, 0.25) is 0 Å². The lowest BCUT2D eigenvalue weighted by Gasteiger charge is -2.22. The van der Waals surface area contributed by atoms with E-state index in [-0.39, 0.29) is 12.1 Å². The van der Waals surface area contributed by atoms with Crippen LogP contribution in [0.2, 0.25) is 0 Å². The van der Waals surface area contributed by atoms with Gasteiger partial charge in [-0.1, -0.05) is 79.3 Å². The summed E-state index contributed by atoms with van der Waals surface area (Å²) in [5, 5.41) is 0. The third-order valence-electron chi connectivity index (χ3n) is 4.78. The summed E-state index contributed by atoms with van der Waals surface area (Å²) in [7, 11) is 0. The summed E-state index contributed by atoms with van der Waals surface area (Å²) in [6.45, 7) is 16.3. The maximum atomic E-state index is 6.02. The first-order valence-corrected chi connectivity index (χ1v) is 10.5. The lowest BCUT2D eigenvalue weighted by Crippen LogP contribution is -2.38. The lowest BCUT2D eigenvalue weighted by atomic mass is 10.0. The maximum absolute atomic E-state index is 6.02. The number of benzene rings is 1. The van der Waals surface area contributed by atoms with Crippen molar-refractivity contribution in [2.45, 2.75) is 73.0 Å². The largest absolute Gasteiger partial charge is 0.298 e. The third kappa shape index (κ3) is 10.2. The van der Waals surface area contributed by atoms with Crippen LogP contribution in [0.5, 0.6) is 0 Å². The van der Waals surface area contributed by atoms with Crippen LogP contribution in [0.4, 0.5) is 0 Å². The summed E-state index contributed by atoms with van der Waals surface area (Å²) < 4.78 is 0. The zero-order valence-electron chi connectivity index (χ0n) is 19.0. The van der Waals surface area contributed by atoms with Gasteiger partial charge in [0.05, 0.1) is 12.1 Å². The van der Waals surface area contributed by atoms with Crippen molar-refractivity contribution in [1.82, 2.24) is 5.48 Å². The second kappa shape index (κ2) is 13.9. The van der Waals surface area contributed by atoms with Gasteiger partial charge in [-0.3, -0.25) is 9.83 Å². The number of hydrogen-bond donors (Lipinski definition) is 1. The van der Waals surface area contributed by atoms with Crippen molar-refractivity contribution < 1.29 is 4.84 Å². The van der Waals surface area contributed by atoms with Gasteiger partial charge >= 0.3 is 0 Å². The topological polar surface area (TPSA) is 33.6 Å². The lowest BCUT2D eigenvalue weighted by molar-refractivity contribution is -0.0231. The van der Waals surface area contributed by atoms with Crippen LogP contribution in [0.3, 0.4) is 0 Å². The fraction of sp³-hybridized carbons (Fsp3) is 0.423. The Morgan fingerprint density at radius 2 is 1.86 bits per heavy atom. The molecule has 0 unspecified atom stereocenters. The molecule has 3 nitrogen and oxygen atoms in total. The Labute approximate surface area is 177 Å². The van der Waals surface area contributed by atoms with E-state index in [1.54, 1.807) is 0 Å². The summed E-state index contributed by atoms with van der Waals surface area (Å²) in [4.78, 5) is 10.8. The van der Waals surface area contributed by atoms with Crippen molar-refractivity contribution in [3.05, 3.63) is 83.6 Å². The Balaban J connectivity index is 2.87. The average molecular weight is 395 g/mol. The highest BCUT2D eigenvalue weighted by Crippen LogP contribution is 2.12. The number of aliphatic imine (C=N–C) groups is 1. The molecule has 29 heavy (non-hydrogen) atoms. The Hall–Kier alpha value is -2.23. The minimum Gasteiger partial charge on any atom is -0.298 e. The van der Waals surface area contributed by atoms with Crippen LogP contribution in [0.1, 0.15) is 59.9 Å². The number of nitrogens with zero attached hydrogens (tertiary/aromatic N) is 1. The van der Waals surface area contributed by atoms with Crippen molar-refractivity contribution in [3.63, 3.8) is 0 Å². The molecule has 0 heterocycles. The van der Waals surface area contributed by atoms with Gasteiger partial charge in [0.25, 0.3) is 0 Å². The molecule has 0 spiro atoms. The summed E-state index contributed by atoms with van der Waals surface area (Å²) >= 11 is 0. The molecule has 3 heteroatoms. The molecule has 0 bridgehead atoms. The van der Waals surface area contributed by atoms with Gasteiger partial charge in [-0.2, -0.15) is 5.48 Å². The van der Waals surface area contributed by atoms with Gasteiger partial charge in [0.15, 0.2) is 0 Å². The van der Waals surface area contributed by atoms with Gasteiger partial charge in [0, 0.05) is 17.8 Å². The van der Waals surface area contributed by atoms with E-state index in [0.717, 1.165) is 36.2 Å². The van der Waals surface area contributed by atoms with Crippen LogP contribution in [0.15, 0.2) is 83.1 Å². The summed E-state index contributed by atoms with van der Waals surface area (Å²) in [6.07, 6.45) is 10.8. The van der Waals surface area contributed by atoms with Gasteiger partial charge in [-0.25, -0.2) is 0 Å². The number of hydroxylamine groups is 1. The Morgan fingerprint density at radius 1 is 1.17 bits per heavy atom. The van der Waals surface area contributed by atoms with Gasteiger partial charge in [-0.05, 0) is 53.0 Å². The van der Waals surface area contributed by atoms with Crippen LogP contribution < -0.4 is 5.48 Å². The molecule has 0 aliphatic rings. The van der Waals surface area contributed by atoms with E-state index in [1.807, 2.05) is 26.0 Å². The van der Waals surface area contributed by atoms with Crippen LogP contribution in [0, 0.1) is 0 Å². The quantitative estimate of drug-likeness (QED) is 0.242. The fourth-order valence-corrected chi connectivity index (χ4v) is 2.84. The highest BCUT2D eigenvalue weighted by Gasteiger charge is 2.15. The summed E-state index contributed by atoms with van der Waals surface area (Å²) in [5.41, 5.74) is 9.09. The minimum atomic E-state index is 0.0170.